The summed E-state index contributed by atoms with van der Waals surface area (Å²) in [6.45, 7) is 3.55. The highest BCUT2D eigenvalue weighted by molar-refractivity contribution is 9.10. The quantitative estimate of drug-likeness (QED) is 0.760. The Hall–Kier alpha value is -1.52. The zero-order chi connectivity index (χ0) is 15.1. The fourth-order valence-electron chi connectivity index (χ4n) is 2.00. The lowest BCUT2D eigenvalue weighted by Gasteiger charge is -2.15. The van der Waals surface area contributed by atoms with Crippen LogP contribution in [-0.4, -0.2) is 20.3 Å². The van der Waals surface area contributed by atoms with Gasteiger partial charge in [-0.1, -0.05) is 28.1 Å². The smallest absolute Gasteiger partial charge is 0.119 e. The third-order valence-corrected chi connectivity index (χ3v) is 3.76. The van der Waals surface area contributed by atoms with Gasteiger partial charge in [0, 0.05) is 17.1 Å². The Morgan fingerprint density at radius 1 is 1.10 bits per heavy atom. The largest absolute Gasteiger partial charge is 0.497 e. The second-order valence-corrected chi connectivity index (χ2v) is 5.67. The highest BCUT2D eigenvalue weighted by Gasteiger charge is 2.05. The predicted molar refractivity (Wildman–Crippen MR) is 89.0 cm³/mol. The molecule has 0 heterocycles. The molecule has 0 fully saturated rings. The van der Waals surface area contributed by atoms with Gasteiger partial charge in [-0.25, -0.2) is 0 Å². The first kappa shape index (κ1) is 15.9. The molecule has 0 aliphatic rings. The summed E-state index contributed by atoms with van der Waals surface area (Å²) < 4.78 is 12.0. The van der Waals surface area contributed by atoms with Gasteiger partial charge in [-0.05, 0) is 48.9 Å². The number of ether oxygens (including phenoxy) is 2. The van der Waals surface area contributed by atoms with Crippen LogP contribution in [0, 0.1) is 0 Å². The van der Waals surface area contributed by atoms with Crippen LogP contribution in [-0.2, 0) is 0 Å². The second-order valence-electron chi connectivity index (χ2n) is 4.75. The zero-order valence-corrected chi connectivity index (χ0v) is 13.9. The lowest BCUT2D eigenvalue weighted by Crippen LogP contribution is -2.24. The van der Waals surface area contributed by atoms with E-state index in [1.165, 1.54) is 5.56 Å². The molecule has 0 aliphatic heterocycles. The highest BCUT2D eigenvalue weighted by atomic mass is 79.9. The molecule has 0 bridgehead atoms. The van der Waals surface area contributed by atoms with Gasteiger partial charge in [0.25, 0.3) is 0 Å². The van der Waals surface area contributed by atoms with E-state index in [1.807, 2.05) is 42.5 Å². The van der Waals surface area contributed by atoms with Crippen LogP contribution in [0.2, 0.25) is 0 Å². The molecule has 0 saturated carbocycles. The van der Waals surface area contributed by atoms with Gasteiger partial charge in [-0.3, -0.25) is 0 Å². The zero-order valence-electron chi connectivity index (χ0n) is 12.3. The fourth-order valence-corrected chi connectivity index (χ4v) is 2.27. The van der Waals surface area contributed by atoms with Crippen molar-refractivity contribution in [2.45, 2.75) is 13.0 Å². The van der Waals surface area contributed by atoms with E-state index >= 15 is 0 Å². The minimum atomic E-state index is 0.258. The van der Waals surface area contributed by atoms with E-state index < -0.39 is 0 Å². The van der Waals surface area contributed by atoms with Crippen molar-refractivity contribution >= 4 is 15.9 Å². The topological polar surface area (TPSA) is 30.5 Å². The SMILES string of the molecule is COc1cccc([C@@H](C)NCCOc2ccc(Br)cc2)c1. The van der Waals surface area contributed by atoms with E-state index in [-0.39, 0.29) is 6.04 Å². The van der Waals surface area contributed by atoms with Gasteiger partial charge in [-0.15, -0.1) is 0 Å². The van der Waals surface area contributed by atoms with Crippen molar-refractivity contribution in [3.05, 3.63) is 58.6 Å². The Bertz CT molecular complexity index is 557. The summed E-state index contributed by atoms with van der Waals surface area (Å²) in [5, 5.41) is 3.44. The third kappa shape index (κ3) is 5.06. The van der Waals surface area contributed by atoms with Crippen molar-refractivity contribution in [3.8, 4) is 11.5 Å². The van der Waals surface area contributed by atoms with Crippen LogP contribution in [0.25, 0.3) is 0 Å². The molecule has 4 heteroatoms. The first-order valence-corrected chi connectivity index (χ1v) is 7.74. The Labute approximate surface area is 134 Å². The maximum Gasteiger partial charge on any atom is 0.119 e. The first-order valence-electron chi connectivity index (χ1n) is 6.95. The van der Waals surface area contributed by atoms with Gasteiger partial charge >= 0.3 is 0 Å². The average Bonchev–Trinajstić information content (AvgIpc) is 2.53. The van der Waals surface area contributed by atoms with Crippen LogP contribution < -0.4 is 14.8 Å². The molecule has 0 unspecified atom stereocenters. The van der Waals surface area contributed by atoms with Gasteiger partial charge in [0.2, 0.25) is 0 Å². The molecule has 0 saturated heterocycles. The molecule has 0 radical (unpaired) electrons. The highest BCUT2D eigenvalue weighted by Crippen LogP contribution is 2.19. The molecule has 1 N–H and O–H groups in total. The Kier molecular flexibility index (Phi) is 6.08. The number of nitrogens with one attached hydrogen (secondary N) is 1. The Morgan fingerprint density at radius 2 is 1.86 bits per heavy atom. The molecule has 0 spiro atoms. The van der Waals surface area contributed by atoms with E-state index in [2.05, 4.69) is 34.2 Å². The van der Waals surface area contributed by atoms with Crippen molar-refractivity contribution in [1.29, 1.82) is 0 Å². The predicted octanol–water partition coefficient (Wildman–Crippen LogP) is 4.19. The van der Waals surface area contributed by atoms with E-state index in [4.69, 9.17) is 9.47 Å². The summed E-state index contributed by atoms with van der Waals surface area (Å²) in [7, 11) is 1.68. The molecule has 2 aromatic rings. The summed E-state index contributed by atoms with van der Waals surface area (Å²) >= 11 is 3.41. The van der Waals surface area contributed by atoms with Crippen molar-refractivity contribution in [2.24, 2.45) is 0 Å². The van der Waals surface area contributed by atoms with Gasteiger partial charge in [0.1, 0.15) is 18.1 Å². The average molecular weight is 350 g/mol. The van der Waals surface area contributed by atoms with Crippen molar-refractivity contribution in [2.75, 3.05) is 20.3 Å². The molecule has 2 aromatic carbocycles. The number of methoxy groups -OCH3 is 1. The van der Waals surface area contributed by atoms with Crippen LogP contribution in [0.3, 0.4) is 0 Å². The van der Waals surface area contributed by atoms with Crippen molar-refractivity contribution in [3.63, 3.8) is 0 Å². The van der Waals surface area contributed by atoms with Crippen LogP contribution >= 0.6 is 15.9 Å². The summed E-state index contributed by atoms with van der Waals surface area (Å²) in [5.74, 6) is 1.77. The van der Waals surface area contributed by atoms with Crippen LogP contribution in [0.1, 0.15) is 18.5 Å². The molecule has 1 atom stereocenters. The Morgan fingerprint density at radius 3 is 2.57 bits per heavy atom. The maximum atomic E-state index is 5.68. The van der Waals surface area contributed by atoms with Crippen molar-refractivity contribution < 1.29 is 9.47 Å². The van der Waals surface area contributed by atoms with Crippen molar-refractivity contribution in [1.82, 2.24) is 5.32 Å². The molecule has 2 rings (SSSR count). The van der Waals surface area contributed by atoms with Gasteiger partial charge < -0.3 is 14.8 Å². The molecular formula is C17H20BrNO2. The lowest BCUT2D eigenvalue weighted by atomic mass is 10.1. The number of benzene rings is 2. The third-order valence-electron chi connectivity index (χ3n) is 3.23. The van der Waals surface area contributed by atoms with Gasteiger partial charge in [0.05, 0.1) is 7.11 Å². The maximum absolute atomic E-state index is 5.68. The molecule has 112 valence electrons. The van der Waals surface area contributed by atoms with Gasteiger partial charge in [0.15, 0.2) is 0 Å². The fraction of sp³-hybridized carbons (Fsp3) is 0.294. The monoisotopic (exact) mass is 349 g/mol. The Balaban J connectivity index is 1.76. The van der Waals surface area contributed by atoms with E-state index in [0.717, 1.165) is 22.5 Å². The molecule has 0 aliphatic carbocycles. The second kappa shape index (κ2) is 8.05. The van der Waals surface area contributed by atoms with Crippen LogP contribution in [0.15, 0.2) is 53.0 Å². The minimum Gasteiger partial charge on any atom is -0.497 e. The minimum absolute atomic E-state index is 0.258. The summed E-state index contributed by atoms with van der Waals surface area (Å²) in [4.78, 5) is 0. The van der Waals surface area contributed by atoms with E-state index in [0.29, 0.717) is 6.61 Å². The molecule has 3 nitrogen and oxygen atoms in total. The number of hydrogen-bond acceptors (Lipinski definition) is 3. The van der Waals surface area contributed by atoms with E-state index in [1.54, 1.807) is 7.11 Å². The number of halogens is 1. The summed E-state index contributed by atoms with van der Waals surface area (Å²) in [6.07, 6.45) is 0. The van der Waals surface area contributed by atoms with Crippen LogP contribution in [0.4, 0.5) is 0 Å². The molecule has 21 heavy (non-hydrogen) atoms. The summed E-state index contributed by atoms with van der Waals surface area (Å²) in [5.41, 5.74) is 1.21. The number of rotatable bonds is 7. The summed E-state index contributed by atoms with van der Waals surface area (Å²) in [6, 6.07) is 16.2. The van der Waals surface area contributed by atoms with Crippen LogP contribution in [0.5, 0.6) is 11.5 Å². The normalized spacial score (nSPS) is 12.0. The standard InChI is InChI=1S/C17H20BrNO2/c1-13(14-4-3-5-17(12-14)20-2)19-10-11-21-16-8-6-15(18)7-9-16/h3-9,12-13,19H,10-11H2,1-2H3/t13-/m1/s1. The first-order chi connectivity index (χ1) is 10.2. The molecule has 0 aromatic heterocycles. The van der Waals surface area contributed by atoms with E-state index in [9.17, 15) is 0 Å². The van der Waals surface area contributed by atoms with Gasteiger partial charge in [-0.2, -0.15) is 0 Å². The number of hydrogen-bond donors (Lipinski definition) is 1. The molecular weight excluding hydrogens is 330 g/mol. The lowest BCUT2D eigenvalue weighted by molar-refractivity contribution is 0.307. The molecule has 0 amide bonds.